The van der Waals surface area contributed by atoms with E-state index in [1.54, 1.807) is 12.1 Å². The molecule has 0 radical (unpaired) electrons. The maximum absolute atomic E-state index is 11.3. The number of benzene rings is 1. The Morgan fingerprint density at radius 3 is 2.80 bits per heavy atom. The quantitative estimate of drug-likeness (QED) is 0.625. The number of esters is 1. The molecule has 0 aliphatic rings. The van der Waals surface area contributed by atoms with Gasteiger partial charge >= 0.3 is 5.97 Å². The summed E-state index contributed by atoms with van der Waals surface area (Å²) in [6.07, 6.45) is 1.51. The summed E-state index contributed by atoms with van der Waals surface area (Å²) in [6.45, 7) is 0.569. The number of halogens is 2. The zero-order chi connectivity index (χ0) is 14.5. The maximum Gasteiger partial charge on any atom is 0.339 e. The first-order chi connectivity index (χ1) is 9.60. The molecule has 0 fully saturated rings. The minimum atomic E-state index is -0.385. The third-order valence-corrected chi connectivity index (χ3v) is 3.76. The third-order valence-electron chi connectivity index (χ3n) is 2.64. The minimum Gasteiger partial charge on any atom is -0.465 e. The standard InChI is InChI=1S/C14H12ClIN2O2/c1-20-14(19)9-2-4-11(17-7-9)8-18-13-5-3-10(15)6-12(13)16/h2-7,18H,8H2,1H3. The minimum absolute atomic E-state index is 0.385. The van der Waals surface area contributed by atoms with Crippen LogP contribution in [0.4, 0.5) is 5.69 Å². The average Bonchev–Trinajstić information content (AvgIpc) is 2.46. The van der Waals surface area contributed by atoms with Crippen molar-refractivity contribution in [3.8, 4) is 0 Å². The number of ether oxygens (including phenoxy) is 1. The SMILES string of the molecule is COC(=O)c1ccc(CNc2ccc(Cl)cc2I)nc1. The first kappa shape index (κ1) is 15.1. The van der Waals surface area contributed by atoms with Gasteiger partial charge in [-0.25, -0.2) is 4.79 Å². The number of nitrogens with zero attached hydrogens (tertiary/aromatic N) is 1. The number of rotatable bonds is 4. The number of hydrogen-bond donors (Lipinski definition) is 1. The van der Waals surface area contributed by atoms with Crippen molar-refractivity contribution in [2.75, 3.05) is 12.4 Å². The number of pyridine rings is 1. The van der Waals surface area contributed by atoms with Crippen LogP contribution in [0.15, 0.2) is 36.5 Å². The second-order valence-corrected chi connectivity index (χ2v) is 5.61. The molecule has 20 heavy (non-hydrogen) atoms. The van der Waals surface area contributed by atoms with E-state index >= 15 is 0 Å². The summed E-state index contributed by atoms with van der Waals surface area (Å²) >= 11 is 8.13. The number of nitrogens with one attached hydrogen (secondary N) is 1. The lowest BCUT2D eigenvalue weighted by Crippen LogP contribution is -2.05. The highest BCUT2D eigenvalue weighted by atomic mass is 127. The molecule has 1 aromatic heterocycles. The molecule has 2 aromatic rings. The summed E-state index contributed by atoms with van der Waals surface area (Å²) in [6, 6.07) is 9.13. The molecule has 0 aliphatic heterocycles. The van der Waals surface area contributed by atoms with Gasteiger partial charge in [0.15, 0.2) is 0 Å². The van der Waals surface area contributed by atoms with Crippen LogP contribution in [0.2, 0.25) is 5.02 Å². The van der Waals surface area contributed by atoms with E-state index < -0.39 is 0 Å². The van der Waals surface area contributed by atoms with Crippen LogP contribution in [0.1, 0.15) is 16.1 Å². The summed E-state index contributed by atoms with van der Waals surface area (Å²) in [5, 5.41) is 3.98. The average molecular weight is 403 g/mol. The fourth-order valence-electron chi connectivity index (χ4n) is 1.59. The zero-order valence-corrected chi connectivity index (χ0v) is 13.6. The Labute approximate surface area is 135 Å². The van der Waals surface area contributed by atoms with E-state index in [1.807, 2.05) is 18.2 Å². The van der Waals surface area contributed by atoms with E-state index in [9.17, 15) is 4.79 Å². The van der Waals surface area contributed by atoms with Gasteiger partial charge in [0.2, 0.25) is 0 Å². The van der Waals surface area contributed by atoms with Crippen molar-refractivity contribution in [3.63, 3.8) is 0 Å². The fraction of sp³-hybridized carbons (Fsp3) is 0.143. The van der Waals surface area contributed by atoms with E-state index in [1.165, 1.54) is 13.3 Å². The van der Waals surface area contributed by atoms with Crippen LogP contribution < -0.4 is 5.32 Å². The Hall–Kier alpha value is -1.34. The monoisotopic (exact) mass is 402 g/mol. The second-order valence-electron chi connectivity index (χ2n) is 4.01. The molecule has 0 unspecified atom stereocenters. The number of carbonyl (C=O) groups excluding carboxylic acids is 1. The smallest absolute Gasteiger partial charge is 0.339 e. The molecule has 0 saturated carbocycles. The van der Waals surface area contributed by atoms with Crippen molar-refractivity contribution < 1.29 is 9.53 Å². The summed E-state index contributed by atoms with van der Waals surface area (Å²) in [5.41, 5.74) is 2.27. The van der Waals surface area contributed by atoms with Crippen molar-refractivity contribution >= 4 is 45.8 Å². The zero-order valence-electron chi connectivity index (χ0n) is 10.7. The lowest BCUT2D eigenvalue weighted by molar-refractivity contribution is 0.0600. The molecular weight excluding hydrogens is 391 g/mol. The van der Waals surface area contributed by atoms with E-state index in [2.05, 4.69) is 37.6 Å². The number of anilines is 1. The normalized spacial score (nSPS) is 10.2. The largest absolute Gasteiger partial charge is 0.465 e. The molecule has 2 rings (SSSR count). The van der Waals surface area contributed by atoms with Gasteiger partial charge in [-0.3, -0.25) is 4.98 Å². The molecular formula is C14H12ClIN2O2. The van der Waals surface area contributed by atoms with Gasteiger partial charge in [0.25, 0.3) is 0 Å². The molecule has 1 N–H and O–H groups in total. The summed E-state index contributed by atoms with van der Waals surface area (Å²) in [7, 11) is 1.35. The van der Waals surface area contributed by atoms with Crippen LogP contribution in [-0.4, -0.2) is 18.1 Å². The molecule has 0 aliphatic carbocycles. The first-order valence-electron chi connectivity index (χ1n) is 5.82. The van der Waals surface area contributed by atoms with Crippen LogP contribution in [0.5, 0.6) is 0 Å². The second kappa shape index (κ2) is 6.90. The molecule has 6 heteroatoms. The van der Waals surface area contributed by atoms with Crippen molar-refractivity contribution in [1.82, 2.24) is 4.98 Å². The fourth-order valence-corrected chi connectivity index (χ4v) is 2.65. The molecule has 4 nitrogen and oxygen atoms in total. The van der Waals surface area contributed by atoms with Crippen LogP contribution >= 0.6 is 34.2 Å². The van der Waals surface area contributed by atoms with Crippen molar-refractivity contribution in [2.45, 2.75) is 6.54 Å². The van der Waals surface area contributed by atoms with Crippen LogP contribution in [0.3, 0.4) is 0 Å². The van der Waals surface area contributed by atoms with Gasteiger partial charge in [0, 0.05) is 20.5 Å². The van der Waals surface area contributed by atoms with Gasteiger partial charge in [0.05, 0.1) is 24.9 Å². The highest BCUT2D eigenvalue weighted by Crippen LogP contribution is 2.22. The van der Waals surface area contributed by atoms with Crippen LogP contribution in [0, 0.1) is 3.57 Å². The summed E-state index contributed by atoms with van der Waals surface area (Å²) in [5.74, 6) is -0.385. The Kier molecular flexibility index (Phi) is 5.19. The third kappa shape index (κ3) is 3.83. The molecule has 0 atom stereocenters. The van der Waals surface area contributed by atoms with Crippen molar-refractivity contribution in [2.24, 2.45) is 0 Å². The van der Waals surface area contributed by atoms with Gasteiger partial charge in [-0.05, 0) is 52.9 Å². The predicted molar refractivity (Wildman–Crippen MR) is 87.1 cm³/mol. The topological polar surface area (TPSA) is 51.2 Å². The van der Waals surface area contributed by atoms with Crippen molar-refractivity contribution in [1.29, 1.82) is 0 Å². The highest BCUT2D eigenvalue weighted by molar-refractivity contribution is 14.1. The van der Waals surface area contributed by atoms with E-state index in [0.29, 0.717) is 17.1 Å². The predicted octanol–water partition coefficient (Wildman–Crippen LogP) is 3.74. The number of methoxy groups -OCH3 is 1. The molecule has 1 aromatic carbocycles. The molecule has 0 spiro atoms. The molecule has 0 amide bonds. The number of carbonyl (C=O) groups is 1. The Morgan fingerprint density at radius 2 is 2.20 bits per heavy atom. The molecule has 1 heterocycles. The Balaban J connectivity index is 2.02. The lowest BCUT2D eigenvalue weighted by Gasteiger charge is -2.08. The Morgan fingerprint density at radius 1 is 1.40 bits per heavy atom. The van der Waals surface area contributed by atoms with E-state index in [0.717, 1.165) is 15.0 Å². The van der Waals surface area contributed by atoms with E-state index in [-0.39, 0.29) is 5.97 Å². The van der Waals surface area contributed by atoms with Crippen LogP contribution in [0.25, 0.3) is 0 Å². The maximum atomic E-state index is 11.3. The van der Waals surface area contributed by atoms with E-state index in [4.69, 9.17) is 11.6 Å². The van der Waals surface area contributed by atoms with Gasteiger partial charge in [-0.2, -0.15) is 0 Å². The van der Waals surface area contributed by atoms with Gasteiger partial charge in [0.1, 0.15) is 0 Å². The molecule has 104 valence electrons. The molecule has 0 bridgehead atoms. The Bertz CT molecular complexity index is 617. The number of aromatic nitrogens is 1. The number of hydrogen-bond acceptors (Lipinski definition) is 4. The lowest BCUT2D eigenvalue weighted by atomic mass is 10.2. The van der Waals surface area contributed by atoms with Gasteiger partial charge in [-0.15, -0.1) is 0 Å². The van der Waals surface area contributed by atoms with Crippen LogP contribution in [-0.2, 0) is 11.3 Å². The summed E-state index contributed by atoms with van der Waals surface area (Å²) in [4.78, 5) is 15.5. The highest BCUT2D eigenvalue weighted by Gasteiger charge is 2.06. The first-order valence-corrected chi connectivity index (χ1v) is 7.28. The van der Waals surface area contributed by atoms with Gasteiger partial charge < -0.3 is 10.1 Å². The van der Waals surface area contributed by atoms with Crippen molar-refractivity contribution in [3.05, 3.63) is 56.4 Å². The molecule has 0 saturated heterocycles. The van der Waals surface area contributed by atoms with Gasteiger partial charge in [-0.1, -0.05) is 11.6 Å². The summed E-state index contributed by atoms with van der Waals surface area (Å²) < 4.78 is 5.67.